The minimum atomic E-state index is 0. The van der Waals surface area contributed by atoms with E-state index in [1.54, 1.807) is 13.2 Å². The first kappa shape index (κ1) is 25.9. The third kappa shape index (κ3) is 11.0. The summed E-state index contributed by atoms with van der Waals surface area (Å²) in [5.41, 5.74) is 1.03. The van der Waals surface area contributed by atoms with Crippen LogP contribution in [0.1, 0.15) is 44.6 Å². The van der Waals surface area contributed by atoms with Crippen LogP contribution in [-0.4, -0.2) is 57.6 Å². The van der Waals surface area contributed by atoms with Crippen molar-refractivity contribution in [3.8, 4) is 5.88 Å². The highest BCUT2D eigenvalue weighted by Crippen LogP contribution is 2.15. The highest BCUT2D eigenvalue weighted by molar-refractivity contribution is 14.0. The lowest BCUT2D eigenvalue weighted by atomic mass is 10.0. The van der Waals surface area contributed by atoms with E-state index in [1.807, 2.05) is 12.1 Å². The quantitative estimate of drug-likeness (QED) is 0.191. The van der Waals surface area contributed by atoms with Gasteiger partial charge in [-0.3, -0.25) is 4.99 Å². The molecule has 1 saturated heterocycles. The zero-order valence-electron chi connectivity index (χ0n) is 17.8. The Morgan fingerprint density at radius 2 is 2.07 bits per heavy atom. The van der Waals surface area contributed by atoms with Gasteiger partial charge in [0.15, 0.2) is 5.96 Å². The van der Waals surface area contributed by atoms with Crippen molar-refractivity contribution in [3.05, 3.63) is 23.9 Å². The molecule has 0 radical (unpaired) electrons. The van der Waals surface area contributed by atoms with E-state index in [1.165, 1.54) is 0 Å². The molecule has 1 aliphatic heterocycles. The second-order valence-corrected chi connectivity index (χ2v) is 7.01. The number of hydrogen-bond donors (Lipinski definition) is 2. The predicted molar refractivity (Wildman–Crippen MR) is 127 cm³/mol. The van der Waals surface area contributed by atoms with E-state index in [-0.39, 0.29) is 24.0 Å². The van der Waals surface area contributed by atoms with E-state index in [0.717, 1.165) is 76.6 Å². The molecule has 0 saturated carbocycles. The molecule has 0 aromatic carbocycles. The van der Waals surface area contributed by atoms with Gasteiger partial charge in [0.05, 0.1) is 6.61 Å². The summed E-state index contributed by atoms with van der Waals surface area (Å²) in [6.07, 6.45) is 7.08. The molecule has 29 heavy (non-hydrogen) atoms. The van der Waals surface area contributed by atoms with Crippen molar-refractivity contribution in [3.63, 3.8) is 0 Å². The number of guanidine groups is 1. The van der Waals surface area contributed by atoms with Crippen molar-refractivity contribution in [2.45, 2.75) is 45.6 Å². The van der Waals surface area contributed by atoms with Gasteiger partial charge in [0, 0.05) is 58.3 Å². The van der Waals surface area contributed by atoms with E-state index in [2.05, 4.69) is 27.5 Å². The Hall–Kier alpha value is -1.13. The molecule has 166 valence electrons. The largest absolute Gasteiger partial charge is 0.477 e. The summed E-state index contributed by atoms with van der Waals surface area (Å²) in [7, 11) is 1.78. The number of nitrogens with zero attached hydrogens (tertiary/aromatic N) is 2. The van der Waals surface area contributed by atoms with Crippen molar-refractivity contribution in [1.29, 1.82) is 0 Å². The van der Waals surface area contributed by atoms with Crippen LogP contribution in [0.15, 0.2) is 23.3 Å². The lowest BCUT2D eigenvalue weighted by molar-refractivity contribution is 0.0203. The number of aliphatic imine (C=N–C) groups is 1. The summed E-state index contributed by atoms with van der Waals surface area (Å²) < 4.78 is 17.0. The van der Waals surface area contributed by atoms with E-state index in [4.69, 9.17) is 14.2 Å². The number of halogens is 1. The maximum absolute atomic E-state index is 5.80. The highest BCUT2D eigenvalue weighted by atomic mass is 127. The fourth-order valence-electron chi connectivity index (χ4n) is 2.95. The number of hydrogen-bond acceptors (Lipinski definition) is 5. The fourth-order valence-corrected chi connectivity index (χ4v) is 2.95. The Morgan fingerprint density at radius 1 is 1.24 bits per heavy atom. The number of nitrogens with one attached hydrogen (secondary N) is 2. The maximum Gasteiger partial charge on any atom is 0.218 e. The Bertz CT molecular complexity index is 569. The standard InChI is InChI=1S/C21H36N4O3.HI/c1-3-4-13-28-20-19(7-5-10-23-20)16-25-21(22-2)24-11-6-12-27-17-18-8-14-26-15-9-18;/h5,7,10,18H,3-4,6,8-9,11-17H2,1-2H3,(H2,22,24,25);1H. The molecule has 0 aliphatic carbocycles. The molecule has 2 rings (SSSR count). The number of pyridine rings is 1. The molecule has 2 heterocycles. The Kier molecular flexibility index (Phi) is 14.9. The molecule has 1 aromatic rings. The summed E-state index contributed by atoms with van der Waals surface area (Å²) >= 11 is 0. The van der Waals surface area contributed by atoms with Crippen LogP contribution in [0.2, 0.25) is 0 Å². The maximum atomic E-state index is 5.80. The minimum Gasteiger partial charge on any atom is -0.477 e. The summed E-state index contributed by atoms with van der Waals surface area (Å²) in [4.78, 5) is 8.62. The topological polar surface area (TPSA) is 77.0 Å². The van der Waals surface area contributed by atoms with Crippen LogP contribution < -0.4 is 15.4 Å². The lowest BCUT2D eigenvalue weighted by Gasteiger charge is -2.21. The van der Waals surface area contributed by atoms with Crippen molar-refractivity contribution < 1.29 is 14.2 Å². The van der Waals surface area contributed by atoms with E-state index < -0.39 is 0 Å². The smallest absolute Gasteiger partial charge is 0.218 e. The van der Waals surface area contributed by atoms with E-state index in [9.17, 15) is 0 Å². The average molecular weight is 520 g/mol. The zero-order chi connectivity index (χ0) is 19.9. The first-order valence-electron chi connectivity index (χ1n) is 10.5. The summed E-state index contributed by atoms with van der Waals surface area (Å²) in [6, 6.07) is 3.95. The SMILES string of the molecule is CCCCOc1ncccc1CNC(=NC)NCCCOCC1CCOCC1.I. The van der Waals surface area contributed by atoms with Crippen LogP contribution in [0.4, 0.5) is 0 Å². The first-order valence-corrected chi connectivity index (χ1v) is 10.5. The molecule has 1 aromatic heterocycles. The molecule has 0 amide bonds. The molecule has 0 spiro atoms. The van der Waals surface area contributed by atoms with Gasteiger partial charge >= 0.3 is 0 Å². The van der Waals surface area contributed by atoms with Crippen molar-refractivity contribution in [2.24, 2.45) is 10.9 Å². The van der Waals surface area contributed by atoms with Gasteiger partial charge in [-0.15, -0.1) is 24.0 Å². The first-order chi connectivity index (χ1) is 13.8. The molecule has 0 atom stereocenters. The Morgan fingerprint density at radius 3 is 2.83 bits per heavy atom. The van der Waals surface area contributed by atoms with Gasteiger partial charge in [-0.1, -0.05) is 19.4 Å². The fraction of sp³-hybridized carbons (Fsp3) is 0.714. The zero-order valence-corrected chi connectivity index (χ0v) is 20.2. The van der Waals surface area contributed by atoms with Gasteiger partial charge in [-0.2, -0.15) is 0 Å². The van der Waals surface area contributed by atoms with Gasteiger partial charge < -0.3 is 24.8 Å². The molecule has 1 aliphatic rings. The summed E-state index contributed by atoms with van der Waals surface area (Å²) in [5, 5.41) is 6.65. The molecular formula is C21H37IN4O3. The summed E-state index contributed by atoms with van der Waals surface area (Å²) in [6.45, 7) is 7.64. The second-order valence-electron chi connectivity index (χ2n) is 7.01. The normalized spacial score (nSPS) is 14.9. The van der Waals surface area contributed by atoms with Crippen LogP contribution in [0.5, 0.6) is 5.88 Å². The molecule has 0 bridgehead atoms. The summed E-state index contributed by atoms with van der Waals surface area (Å²) in [5.74, 6) is 2.12. The van der Waals surface area contributed by atoms with Crippen molar-refractivity contribution >= 4 is 29.9 Å². The monoisotopic (exact) mass is 520 g/mol. The number of rotatable bonds is 12. The van der Waals surface area contributed by atoms with Gasteiger partial charge in [-0.25, -0.2) is 4.98 Å². The molecule has 8 heteroatoms. The predicted octanol–water partition coefficient (Wildman–Crippen LogP) is 3.38. The van der Waals surface area contributed by atoms with Crippen molar-refractivity contribution in [2.75, 3.05) is 46.6 Å². The second kappa shape index (κ2) is 16.6. The third-order valence-corrected chi connectivity index (χ3v) is 4.71. The van der Waals surface area contributed by atoms with Crippen LogP contribution in [0, 0.1) is 5.92 Å². The number of ether oxygens (including phenoxy) is 3. The van der Waals surface area contributed by atoms with Gasteiger partial charge in [0.25, 0.3) is 0 Å². The number of unbranched alkanes of at least 4 members (excludes halogenated alkanes) is 1. The lowest BCUT2D eigenvalue weighted by Crippen LogP contribution is -2.37. The number of aromatic nitrogens is 1. The van der Waals surface area contributed by atoms with Crippen LogP contribution in [0.3, 0.4) is 0 Å². The van der Waals surface area contributed by atoms with E-state index >= 15 is 0 Å². The van der Waals surface area contributed by atoms with Crippen LogP contribution in [-0.2, 0) is 16.0 Å². The van der Waals surface area contributed by atoms with Crippen molar-refractivity contribution in [1.82, 2.24) is 15.6 Å². The molecule has 0 unspecified atom stereocenters. The van der Waals surface area contributed by atoms with Gasteiger partial charge in [0.2, 0.25) is 5.88 Å². The Labute approximate surface area is 192 Å². The average Bonchev–Trinajstić information content (AvgIpc) is 2.74. The molecule has 2 N–H and O–H groups in total. The Balaban J connectivity index is 0.00000420. The van der Waals surface area contributed by atoms with E-state index in [0.29, 0.717) is 24.9 Å². The van der Waals surface area contributed by atoms with Crippen LogP contribution >= 0.6 is 24.0 Å². The highest BCUT2D eigenvalue weighted by Gasteiger charge is 2.13. The van der Waals surface area contributed by atoms with Gasteiger partial charge in [0.1, 0.15) is 0 Å². The molecule has 1 fully saturated rings. The molecular weight excluding hydrogens is 483 g/mol. The van der Waals surface area contributed by atoms with Gasteiger partial charge in [-0.05, 0) is 37.7 Å². The van der Waals surface area contributed by atoms with Crippen LogP contribution in [0.25, 0.3) is 0 Å². The third-order valence-electron chi connectivity index (χ3n) is 4.71. The minimum absolute atomic E-state index is 0. The molecule has 7 nitrogen and oxygen atoms in total.